The number of hydrogen-bond acceptors (Lipinski definition) is 2. The van der Waals surface area contributed by atoms with Gasteiger partial charge in [-0.2, -0.15) is 0 Å². The minimum absolute atomic E-state index is 0.115. The summed E-state index contributed by atoms with van der Waals surface area (Å²) in [7, 11) is -1.82. The monoisotopic (exact) mass is 472 g/mol. The molecule has 1 aliphatic rings. The molecule has 0 aromatic carbocycles. The van der Waals surface area contributed by atoms with Crippen molar-refractivity contribution in [1.29, 1.82) is 0 Å². The predicted octanol–water partition coefficient (Wildman–Crippen LogP) is 9.50. The van der Waals surface area contributed by atoms with Gasteiger partial charge in [-0.05, 0) is 90.4 Å². The van der Waals surface area contributed by atoms with Gasteiger partial charge in [0.05, 0.1) is 17.5 Å². The van der Waals surface area contributed by atoms with E-state index in [1.165, 1.54) is 16.9 Å². The molecule has 0 aliphatic carbocycles. The highest BCUT2D eigenvalue weighted by Gasteiger charge is 2.46. The van der Waals surface area contributed by atoms with Gasteiger partial charge in [-0.15, -0.1) is 11.8 Å². The minimum Gasteiger partial charge on any atom is -0.547 e. The second kappa shape index (κ2) is 13.6. The number of unbranched alkanes of at least 4 members (excludes halogenated alkanes) is 1. The molecular weight excluding hydrogens is 420 g/mol. The Labute approximate surface area is 207 Å². The lowest BCUT2D eigenvalue weighted by molar-refractivity contribution is 0.320. The Bertz CT molecular complexity index is 750. The molecule has 188 valence electrons. The maximum absolute atomic E-state index is 6.67. The molecule has 0 N–H and O–H groups in total. The summed E-state index contributed by atoms with van der Waals surface area (Å²) in [5.74, 6) is 7.59. The molecule has 0 amide bonds. The van der Waals surface area contributed by atoms with Crippen molar-refractivity contribution in [3.05, 3.63) is 35.1 Å². The van der Waals surface area contributed by atoms with Crippen LogP contribution >= 0.6 is 0 Å². The Kier molecular flexibility index (Phi) is 12.3. The highest BCUT2D eigenvalue weighted by Crippen LogP contribution is 2.39. The summed E-state index contributed by atoms with van der Waals surface area (Å²) in [4.78, 5) is 0. The van der Waals surface area contributed by atoms with Gasteiger partial charge < -0.3 is 9.16 Å². The number of rotatable bonds is 13. The Morgan fingerprint density at radius 2 is 1.52 bits per heavy atom. The normalized spacial score (nSPS) is 19.2. The molecule has 0 aromatic rings. The highest BCUT2D eigenvalue weighted by atomic mass is 28.4. The van der Waals surface area contributed by atoms with E-state index in [2.05, 4.69) is 98.6 Å². The first-order valence-corrected chi connectivity index (χ1v) is 16.0. The lowest BCUT2D eigenvalue weighted by atomic mass is 10.0. The third-order valence-electron chi connectivity index (χ3n) is 7.02. The van der Waals surface area contributed by atoms with Crippen LogP contribution in [0.25, 0.3) is 0 Å². The van der Waals surface area contributed by atoms with Crippen LogP contribution in [0.5, 0.6) is 0 Å². The van der Waals surface area contributed by atoms with E-state index in [1.54, 1.807) is 0 Å². The molecule has 1 fully saturated rings. The van der Waals surface area contributed by atoms with Crippen molar-refractivity contribution in [3.8, 4) is 11.8 Å². The van der Waals surface area contributed by atoms with Crippen molar-refractivity contribution in [1.82, 2.24) is 0 Å². The van der Waals surface area contributed by atoms with E-state index in [1.807, 2.05) is 0 Å². The number of hydrogen-bond donors (Lipinski definition) is 0. The molecule has 2 nitrogen and oxygen atoms in total. The summed E-state index contributed by atoms with van der Waals surface area (Å²) in [6.45, 7) is 22.6. The van der Waals surface area contributed by atoms with Crippen LogP contribution in [0.4, 0.5) is 0 Å². The van der Waals surface area contributed by atoms with Gasteiger partial charge >= 0.3 is 0 Å². The van der Waals surface area contributed by atoms with Gasteiger partial charge in [0.15, 0.2) is 0 Å². The van der Waals surface area contributed by atoms with Crippen LogP contribution in [0.3, 0.4) is 0 Å². The molecule has 1 atom stereocenters. The average molecular weight is 473 g/mol. The summed E-state index contributed by atoms with van der Waals surface area (Å²) in [5, 5.41) is 0.214. The van der Waals surface area contributed by atoms with Crippen LogP contribution in [0.15, 0.2) is 35.1 Å². The first kappa shape index (κ1) is 29.8. The summed E-state index contributed by atoms with van der Waals surface area (Å²) < 4.78 is 12.4. The Balaban J connectivity index is 2.53. The van der Waals surface area contributed by atoms with Gasteiger partial charge in [-0.1, -0.05) is 51.0 Å². The quantitative estimate of drug-likeness (QED) is 0.0664. The van der Waals surface area contributed by atoms with Gasteiger partial charge in [0, 0.05) is 19.3 Å². The minimum atomic E-state index is -1.82. The van der Waals surface area contributed by atoms with Gasteiger partial charge in [0.1, 0.15) is 0 Å². The van der Waals surface area contributed by atoms with E-state index in [4.69, 9.17) is 9.16 Å². The van der Waals surface area contributed by atoms with Gasteiger partial charge in [0.2, 0.25) is 8.32 Å². The molecule has 33 heavy (non-hydrogen) atoms. The van der Waals surface area contributed by atoms with E-state index >= 15 is 0 Å². The molecule has 0 spiro atoms. The molecule has 1 aliphatic heterocycles. The fourth-order valence-electron chi connectivity index (χ4n) is 3.50. The van der Waals surface area contributed by atoms with E-state index in [0.717, 1.165) is 57.8 Å². The third kappa shape index (κ3) is 12.1. The first-order valence-electron chi connectivity index (χ1n) is 13.1. The molecule has 0 aromatic heterocycles. The Morgan fingerprint density at radius 1 is 0.939 bits per heavy atom. The lowest BCUT2D eigenvalue weighted by Gasteiger charge is -2.37. The zero-order valence-corrected chi connectivity index (χ0v) is 24.5. The maximum atomic E-state index is 6.67. The van der Waals surface area contributed by atoms with E-state index in [0.29, 0.717) is 6.10 Å². The largest absolute Gasteiger partial charge is 0.547 e. The first-order chi connectivity index (χ1) is 15.3. The average Bonchev–Trinajstić information content (AvgIpc) is 3.31. The molecule has 1 heterocycles. The molecule has 1 rings (SSSR count). The van der Waals surface area contributed by atoms with Crippen molar-refractivity contribution in [2.75, 3.05) is 0 Å². The van der Waals surface area contributed by atoms with Gasteiger partial charge in [-0.25, -0.2) is 0 Å². The number of ether oxygens (including phenoxy) is 1. The number of epoxide rings is 1. The van der Waals surface area contributed by atoms with Crippen LogP contribution in [-0.2, 0) is 9.16 Å². The topological polar surface area (TPSA) is 21.8 Å². The summed E-state index contributed by atoms with van der Waals surface area (Å²) in [5.41, 5.74) is 3.09. The molecule has 3 heteroatoms. The maximum Gasteiger partial charge on any atom is 0.250 e. The summed E-state index contributed by atoms with van der Waals surface area (Å²) >= 11 is 0. The molecule has 0 unspecified atom stereocenters. The standard InChI is InChI=1S/C30H52O2Si/c1-11-12-13-14-15-21-27(32-33(9,10)29(4,5)6)22-17-20-25(2)18-16-19-26(3)23-24-28-30(7,8)31-28/h19-21,28H,11,14-18,22-24H2,1-10H3/b25-20+,26-19+,27-21+/t28-/m0/s1. The Hall–Kier alpha value is -1.24. The van der Waals surface area contributed by atoms with Crippen LogP contribution in [0.1, 0.15) is 113 Å². The molecule has 0 saturated carbocycles. The number of allylic oxidation sites excluding steroid dienone is 6. The SMILES string of the molecule is CCC#CCC/C=C(\CC/C=C(\C)CC/C=C(\C)CC[C@@H]1OC1(C)C)O[Si](C)(C)C(C)(C)C. The molecule has 0 radical (unpaired) electrons. The van der Waals surface area contributed by atoms with Crippen molar-refractivity contribution < 1.29 is 9.16 Å². The van der Waals surface area contributed by atoms with Crippen molar-refractivity contribution in [2.45, 2.75) is 143 Å². The van der Waals surface area contributed by atoms with Crippen LogP contribution in [0.2, 0.25) is 18.1 Å². The van der Waals surface area contributed by atoms with Crippen LogP contribution in [-0.4, -0.2) is 20.0 Å². The second-order valence-corrected chi connectivity index (χ2v) is 16.4. The van der Waals surface area contributed by atoms with Gasteiger partial charge in [0.25, 0.3) is 0 Å². The lowest BCUT2D eigenvalue weighted by Crippen LogP contribution is -2.40. The van der Waals surface area contributed by atoms with E-state index < -0.39 is 8.32 Å². The van der Waals surface area contributed by atoms with Crippen LogP contribution < -0.4 is 0 Å². The van der Waals surface area contributed by atoms with Gasteiger partial charge in [-0.3, -0.25) is 0 Å². The summed E-state index contributed by atoms with van der Waals surface area (Å²) in [6.07, 6.45) is 17.0. The van der Waals surface area contributed by atoms with E-state index in [9.17, 15) is 0 Å². The zero-order chi connectivity index (χ0) is 25.1. The second-order valence-electron chi connectivity index (χ2n) is 11.7. The Morgan fingerprint density at radius 3 is 2.06 bits per heavy atom. The smallest absolute Gasteiger partial charge is 0.250 e. The predicted molar refractivity (Wildman–Crippen MR) is 148 cm³/mol. The highest BCUT2D eigenvalue weighted by molar-refractivity contribution is 6.74. The molecular formula is C30H52O2Si. The zero-order valence-electron chi connectivity index (χ0n) is 23.5. The van der Waals surface area contributed by atoms with Crippen molar-refractivity contribution in [2.24, 2.45) is 0 Å². The fraction of sp³-hybridized carbons (Fsp3) is 0.733. The fourth-order valence-corrected chi connectivity index (χ4v) is 4.65. The van der Waals surface area contributed by atoms with Crippen molar-refractivity contribution in [3.63, 3.8) is 0 Å². The molecule has 0 bridgehead atoms. The van der Waals surface area contributed by atoms with E-state index in [-0.39, 0.29) is 10.6 Å². The van der Waals surface area contributed by atoms with Crippen LogP contribution in [0, 0.1) is 11.8 Å². The molecule has 1 saturated heterocycles. The van der Waals surface area contributed by atoms with Crippen molar-refractivity contribution >= 4 is 8.32 Å². The third-order valence-corrected chi connectivity index (χ3v) is 11.4. The summed E-state index contributed by atoms with van der Waals surface area (Å²) in [6, 6.07) is 0.